The zero-order valence-corrected chi connectivity index (χ0v) is 12.5. The fraction of sp³-hybridized carbons (Fsp3) is 0.500. The van der Waals surface area contributed by atoms with E-state index in [0.29, 0.717) is 18.7 Å². The van der Waals surface area contributed by atoms with Crippen molar-refractivity contribution in [3.05, 3.63) is 29.2 Å². The molecule has 0 aliphatic heterocycles. The molecule has 0 bridgehead atoms. The Bertz CT molecular complexity index is 611. The van der Waals surface area contributed by atoms with Crippen LogP contribution in [-0.2, 0) is 24.8 Å². The molecule has 0 radical (unpaired) electrons. The van der Waals surface area contributed by atoms with Crippen molar-refractivity contribution in [3.63, 3.8) is 0 Å². The smallest absolute Gasteiger partial charge is 0.225 e. The van der Waals surface area contributed by atoms with Crippen LogP contribution < -0.4 is 5.32 Å². The highest BCUT2D eigenvalue weighted by molar-refractivity contribution is 5.89. The lowest BCUT2D eigenvalue weighted by Gasteiger charge is -2.03. The van der Waals surface area contributed by atoms with E-state index in [1.54, 1.807) is 4.68 Å². The fourth-order valence-corrected chi connectivity index (χ4v) is 2.23. The summed E-state index contributed by atoms with van der Waals surface area (Å²) in [6.07, 6.45) is 2.99. The summed E-state index contributed by atoms with van der Waals surface area (Å²) < 4.78 is 3.64. The highest BCUT2D eigenvalue weighted by atomic mass is 16.1. The van der Waals surface area contributed by atoms with Gasteiger partial charge >= 0.3 is 0 Å². The Balaban J connectivity index is 1.92. The van der Waals surface area contributed by atoms with E-state index in [-0.39, 0.29) is 5.91 Å². The molecule has 6 nitrogen and oxygen atoms in total. The predicted molar refractivity (Wildman–Crippen MR) is 77.5 cm³/mol. The summed E-state index contributed by atoms with van der Waals surface area (Å²) in [4.78, 5) is 11.9. The van der Waals surface area contributed by atoms with Crippen molar-refractivity contribution in [3.8, 4) is 0 Å². The summed E-state index contributed by atoms with van der Waals surface area (Å²) in [5, 5.41) is 11.4. The van der Waals surface area contributed by atoms with Gasteiger partial charge in [0.2, 0.25) is 5.91 Å². The molecule has 2 aromatic rings. The fourth-order valence-electron chi connectivity index (χ4n) is 2.23. The number of anilines is 1. The van der Waals surface area contributed by atoms with Crippen molar-refractivity contribution in [2.75, 3.05) is 5.32 Å². The molecule has 2 heterocycles. The molecule has 2 aromatic heterocycles. The topological polar surface area (TPSA) is 64.7 Å². The summed E-state index contributed by atoms with van der Waals surface area (Å²) in [6.45, 7) is 6.80. The molecule has 0 aliphatic carbocycles. The van der Waals surface area contributed by atoms with Crippen molar-refractivity contribution in [2.24, 2.45) is 7.05 Å². The van der Waals surface area contributed by atoms with Crippen LogP contribution in [0.1, 0.15) is 30.3 Å². The molecule has 0 atom stereocenters. The number of hydrogen-bond acceptors (Lipinski definition) is 3. The van der Waals surface area contributed by atoms with Gasteiger partial charge in [0, 0.05) is 38.0 Å². The lowest BCUT2D eigenvalue weighted by atomic mass is 10.1. The van der Waals surface area contributed by atoms with Crippen molar-refractivity contribution in [2.45, 2.75) is 40.2 Å². The lowest BCUT2D eigenvalue weighted by Crippen LogP contribution is -2.13. The van der Waals surface area contributed by atoms with Crippen LogP contribution in [0.2, 0.25) is 0 Å². The minimum Gasteiger partial charge on any atom is -0.309 e. The molecule has 0 fully saturated rings. The quantitative estimate of drug-likeness (QED) is 0.905. The average molecular weight is 275 g/mol. The van der Waals surface area contributed by atoms with Gasteiger partial charge in [0.05, 0.1) is 5.69 Å². The van der Waals surface area contributed by atoms with E-state index in [9.17, 15) is 4.79 Å². The van der Waals surface area contributed by atoms with Gasteiger partial charge in [-0.05, 0) is 32.8 Å². The molecule has 0 saturated heterocycles. The molecule has 0 spiro atoms. The number of nitrogens with zero attached hydrogens (tertiary/aromatic N) is 4. The van der Waals surface area contributed by atoms with Gasteiger partial charge in [0.1, 0.15) is 0 Å². The molecule has 0 unspecified atom stereocenters. The first kappa shape index (κ1) is 14.3. The van der Waals surface area contributed by atoms with Crippen LogP contribution in [0.4, 0.5) is 5.82 Å². The first-order valence-corrected chi connectivity index (χ1v) is 6.83. The summed E-state index contributed by atoms with van der Waals surface area (Å²) in [6, 6.07) is 1.81. The number of hydrogen-bond donors (Lipinski definition) is 1. The third kappa shape index (κ3) is 3.07. The highest BCUT2D eigenvalue weighted by Gasteiger charge is 2.12. The number of amides is 1. The molecule has 20 heavy (non-hydrogen) atoms. The van der Waals surface area contributed by atoms with Crippen LogP contribution in [0.15, 0.2) is 12.3 Å². The monoisotopic (exact) mass is 275 g/mol. The third-order valence-electron chi connectivity index (χ3n) is 3.49. The summed E-state index contributed by atoms with van der Waals surface area (Å²) >= 11 is 0. The van der Waals surface area contributed by atoms with Gasteiger partial charge in [-0.1, -0.05) is 0 Å². The first-order valence-electron chi connectivity index (χ1n) is 6.83. The van der Waals surface area contributed by atoms with E-state index in [4.69, 9.17) is 0 Å². The Hall–Kier alpha value is -2.11. The van der Waals surface area contributed by atoms with Crippen molar-refractivity contribution >= 4 is 11.7 Å². The number of aryl methyl sites for hydroxylation is 3. The van der Waals surface area contributed by atoms with Gasteiger partial charge in [0.15, 0.2) is 5.82 Å². The Labute approximate surface area is 118 Å². The van der Waals surface area contributed by atoms with Crippen LogP contribution in [-0.4, -0.2) is 25.5 Å². The number of aromatic nitrogens is 4. The summed E-state index contributed by atoms with van der Waals surface area (Å²) in [7, 11) is 1.92. The third-order valence-corrected chi connectivity index (χ3v) is 3.49. The van der Waals surface area contributed by atoms with Crippen LogP contribution >= 0.6 is 0 Å². The van der Waals surface area contributed by atoms with Crippen molar-refractivity contribution < 1.29 is 4.79 Å². The minimum atomic E-state index is -0.0194. The molecule has 1 N–H and O–H groups in total. The standard InChI is InChI=1S/C14H21N5O/c1-5-19-9-8-13(17-19)15-14(20)7-6-12-10(2)16-18(4)11(12)3/h8-9H,5-7H2,1-4H3,(H,15,17,20). The molecule has 1 amide bonds. The molecule has 0 aromatic carbocycles. The van der Waals surface area contributed by atoms with E-state index in [2.05, 4.69) is 15.5 Å². The molecular formula is C14H21N5O. The molecule has 108 valence electrons. The predicted octanol–water partition coefficient (Wildman–Crippen LogP) is 1.82. The maximum atomic E-state index is 11.9. The van der Waals surface area contributed by atoms with E-state index >= 15 is 0 Å². The van der Waals surface area contributed by atoms with E-state index in [0.717, 1.165) is 23.5 Å². The van der Waals surface area contributed by atoms with Gasteiger partial charge < -0.3 is 5.32 Å². The molecule has 6 heteroatoms. The second-order valence-corrected chi connectivity index (χ2v) is 4.88. The normalized spacial score (nSPS) is 10.8. The average Bonchev–Trinajstić information content (AvgIpc) is 2.94. The van der Waals surface area contributed by atoms with Gasteiger partial charge in [-0.15, -0.1) is 0 Å². The van der Waals surface area contributed by atoms with E-state index in [1.807, 2.05) is 44.8 Å². The second-order valence-electron chi connectivity index (χ2n) is 4.88. The second kappa shape index (κ2) is 5.90. The van der Waals surface area contributed by atoms with E-state index in [1.165, 1.54) is 0 Å². The van der Waals surface area contributed by atoms with Gasteiger partial charge in [-0.2, -0.15) is 10.2 Å². The Morgan fingerprint density at radius 3 is 2.65 bits per heavy atom. The van der Waals surface area contributed by atoms with Crippen molar-refractivity contribution in [1.29, 1.82) is 0 Å². The highest BCUT2D eigenvalue weighted by Crippen LogP contribution is 2.14. The van der Waals surface area contributed by atoms with Crippen LogP contribution in [0, 0.1) is 13.8 Å². The summed E-state index contributed by atoms with van der Waals surface area (Å²) in [5.41, 5.74) is 3.26. The zero-order chi connectivity index (χ0) is 14.7. The Kier molecular flexibility index (Phi) is 4.22. The number of carbonyl (C=O) groups excluding carboxylic acids is 1. The number of carbonyl (C=O) groups is 1. The Morgan fingerprint density at radius 1 is 1.35 bits per heavy atom. The Morgan fingerprint density at radius 2 is 2.10 bits per heavy atom. The van der Waals surface area contributed by atoms with Gasteiger partial charge in [-0.25, -0.2) is 0 Å². The molecular weight excluding hydrogens is 254 g/mol. The summed E-state index contributed by atoms with van der Waals surface area (Å²) in [5.74, 6) is 0.588. The lowest BCUT2D eigenvalue weighted by molar-refractivity contribution is -0.116. The maximum Gasteiger partial charge on any atom is 0.225 e. The number of rotatable bonds is 5. The van der Waals surface area contributed by atoms with Crippen molar-refractivity contribution in [1.82, 2.24) is 19.6 Å². The largest absolute Gasteiger partial charge is 0.309 e. The first-order chi connectivity index (χ1) is 9.51. The minimum absolute atomic E-state index is 0.0194. The molecule has 0 aliphatic rings. The van der Waals surface area contributed by atoms with Gasteiger partial charge in [-0.3, -0.25) is 14.2 Å². The zero-order valence-electron chi connectivity index (χ0n) is 12.5. The van der Waals surface area contributed by atoms with Crippen LogP contribution in [0.3, 0.4) is 0 Å². The molecule has 0 saturated carbocycles. The van der Waals surface area contributed by atoms with Gasteiger partial charge in [0.25, 0.3) is 0 Å². The number of nitrogens with one attached hydrogen (secondary N) is 1. The molecule has 2 rings (SSSR count). The van der Waals surface area contributed by atoms with Crippen LogP contribution in [0.25, 0.3) is 0 Å². The van der Waals surface area contributed by atoms with Crippen LogP contribution in [0.5, 0.6) is 0 Å². The van der Waals surface area contributed by atoms with E-state index < -0.39 is 0 Å². The maximum absolute atomic E-state index is 11.9. The SMILES string of the molecule is CCn1ccc(NC(=O)CCc2c(C)nn(C)c2C)n1.